The third kappa shape index (κ3) is 7.96. The van der Waals surface area contributed by atoms with Crippen LogP contribution in [0.15, 0.2) is 22.6 Å². The maximum atomic E-state index is 12.3. The van der Waals surface area contributed by atoms with Crippen LogP contribution < -0.4 is 10.1 Å². The molecule has 1 amide bonds. The van der Waals surface area contributed by atoms with Crippen molar-refractivity contribution in [1.29, 1.82) is 0 Å². The summed E-state index contributed by atoms with van der Waals surface area (Å²) in [5.74, 6) is -0.382. The SMILES string of the molecule is CCOC(COC(F)(F)F)c1nnc(C2OCC(NC(=O)COc3ccc(Cl)c(Cl)c3)CO2)o1. The maximum Gasteiger partial charge on any atom is 0.522 e. The molecule has 1 fully saturated rings. The average molecular weight is 530 g/mol. The van der Waals surface area contributed by atoms with E-state index in [1.54, 1.807) is 19.1 Å². The maximum absolute atomic E-state index is 12.3. The van der Waals surface area contributed by atoms with E-state index in [2.05, 4.69) is 20.3 Å². The lowest BCUT2D eigenvalue weighted by Crippen LogP contribution is -2.46. The largest absolute Gasteiger partial charge is 0.522 e. The number of rotatable bonds is 10. The van der Waals surface area contributed by atoms with Crippen LogP contribution in [-0.2, 0) is 23.7 Å². The summed E-state index contributed by atoms with van der Waals surface area (Å²) < 4.78 is 67.6. The molecular weight excluding hydrogens is 510 g/mol. The first-order valence-corrected chi connectivity index (χ1v) is 10.7. The number of carbonyl (C=O) groups is 1. The van der Waals surface area contributed by atoms with E-state index in [4.69, 9.17) is 46.6 Å². The third-order valence-corrected chi connectivity index (χ3v) is 4.96. The molecular formula is C19H20Cl2F3N3O7. The lowest BCUT2D eigenvalue weighted by molar-refractivity contribution is -0.332. The van der Waals surface area contributed by atoms with Crippen molar-refractivity contribution in [2.75, 3.05) is 33.0 Å². The first kappa shape index (κ1) is 26.4. The predicted molar refractivity (Wildman–Crippen MR) is 109 cm³/mol. The van der Waals surface area contributed by atoms with E-state index >= 15 is 0 Å². The number of ether oxygens (including phenoxy) is 5. The molecule has 3 rings (SSSR count). The fourth-order valence-electron chi connectivity index (χ4n) is 2.75. The summed E-state index contributed by atoms with van der Waals surface area (Å²) in [5.41, 5.74) is 0. The van der Waals surface area contributed by atoms with E-state index in [9.17, 15) is 18.0 Å². The topological polar surface area (TPSA) is 114 Å². The van der Waals surface area contributed by atoms with Gasteiger partial charge in [0.15, 0.2) is 12.7 Å². The molecule has 0 radical (unpaired) electrons. The summed E-state index contributed by atoms with van der Waals surface area (Å²) in [6, 6.07) is 4.12. The molecule has 1 aliphatic rings. The van der Waals surface area contributed by atoms with Gasteiger partial charge in [0.05, 0.1) is 35.9 Å². The van der Waals surface area contributed by atoms with Gasteiger partial charge in [-0.3, -0.25) is 9.53 Å². The van der Waals surface area contributed by atoms with E-state index in [-0.39, 0.29) is 38.2 Å². The van der Waals surface area contributed by atoms with Gasteiger partial charge in [0, 0.05) is 12.7 Å². The number of benzene rings is 1. The minimum absolute atomic E-state index is 0.0486. The average Bonchev–Trinajstić information content (AvgIpc) is 3.27. The highest BCUT2D eigenvalue weighted by molar-refractivity contribution is 6.42. The Kier molecular flexibility index (Phi) is 9.33. The van der Waals surface area contributed by atoms with Gasteiger partial charge in [0.1, 0.15) is 5.75 Å². The molecule has 0 bridgehead atoms. The summed E-state index contributed by atoms with van der Waals surface area (Å²) in [7, 11) is 0. The molecule has 0 aliphatic carbocycles. The van der Waals surface area contributed by atoms with Gasteiger partial charge in [-0.05, 0) is 19.1 Å². The first-order valence-electron chi connectivity index (χ1n) is 9.90. The number of hydrogen-bond acceptors (Lipinski definition) is 9. The van der Waals surface area contributed by atoms with Gasteiger partial charge >= 0.3 is 6.36 Å². The molecule has 15 heteroatoms. The Morgan fingerprint density at radius 2 is 1.97 bits per heavy atom. The minimum Gasteiger partial charge on any atom is -0.484 e. The summed E-state index contributed by atoms with van der Waals surface area (Å²) in [6.45, 7) is 0.652. The number of aromatic nitrogens is 2. The number of amides is 1. The number of nitrogens with one attached hydrogen (secondary N) is 1. The van der Waals surface area contributed by atoms with Gasteiger partial charge in [-0.15, -0.1) is 23.4 Å². The van der Waals surface area contributed by atoms with E-state index in [0.29, 0.717) is 15.8 Å². The molecule has 2 aromatic rings. The molecule has 1 aliphatic heterocycles. The normalized spacial score (nSPS) is 19.6. The van der Waals surface area contributed by atoms with Crippen molar-refractivity contribution >= 4 is 29.1 Å². The second-order valence-corrected chi connectivity index (χ2v) is 7.62. The van der Waals surface area contributed by atoms with Crippen molar-refractivity contribution in [3.8, 4) is 5.75 Å². The second kappa shape index (κ2) is 12.0. The van der Waals surface area contributed by atoms with Crippen LogP contribution in [0, 0.1) is 0 Å². The highest BCUT2D eigenvalue weighted by atomic mass is 35.5. The zero-order valence-corrected chi connectivity index (χ0v) is 19.2. The van der Waals surface area contributed by atoms with E-state index < -0.39 is 37.3 Å². The van der Waals surface area contributed by atoms with Gasteiger partial charge in [-0.1, -0.05) is 23.2 Å². The zero-order valence-electron chi connectivity index (χ0n) is 17.6. The molecule has 1 atom stereocenters. The molecule has 10 nitrogen and oxygen atoms in total. The van der Waals surface area contributed by atoms with Gasteiger partial charge in [0.25, 0.3) is 11.8 Å². The van der Waals surface area contributed by atoms with Gasteiger partial charge in [-0.2, -0.15) is 0 Å². The van der Waals surface area contributed by atoms with Gasteiger partial charge in [-0.25, -0.2) is 0 Å². The van der Waals surface area contributed by atoms with Crippen LogP contribution in [-0.4, -0.2) is 61.5 Å². The highest BCUT2D eigenvalue weighted by Gasteiger charge is 2.34. The number of hydrogen-bond donors (Lipinski definition) is 1. The van der Waals surface area contributed by atoms with E-state index in [1.807, 2.05) is 0 Å². The van der Waals surface area contributed by atoms with Crippen LogP contribution in [0.4, 0.5) is 13.2 Å². The van der Waals surface area contributed by atoms with Gasteiger partial charge < -0.3 is 28.7 Å². The quantitative estimate of drug-likeness (QED) is 0.492. The number of carbonyl (C=O) groups excluding carboxylic acids is 1. The van der Waals surface area contributed by atoms with Crippen LogP contribution in [0.5, 0.6) is 5.75 Å². The number of halogens is 5. The van der Waals surface area contributed by atoms with Crippen molar-refractivity contribution in [2.45, 2.75) is 31.7 Å². The summed E-state index contributed by atoms with van der Waals surface area (Å²) in [6.07, 6.45) is -7.12. The second-order valence-electron chi connectivity index (χ2n) is 6.81. The lowest BCUT2D eigenvalue weighted by Gasteiger charge is -2.28. The predicted octanol–water partition coefficient (Wildman–Crippen LogP) is 3.60. The first-order chi connectivity index (χ1) is 16.1. The van der Waals surface area contributed by atoms with Crippen LogP contribution in [0.1, 0.15) is 31.1 Å². The highest BCUT2D eigenvalue weighted by Crippen LogP contribution is 2.28. The number of alkyl halides is 3. The summed E-state index contributed by atoms with van der Waals surface area (Å²) >= 11 is 11.7. The Balaban J connectivity index is 1.45. The number of nitrogens with zero attached hydrogens (tertiary/aromatic N) is 2. The molecule has 1 unspecified atom stereocenters. The fourth-order valence-corrected chi connectivity index (χ4v) is 3.04. The van der Waals surface area contributed by atoms with E-state index in [0.717, 1.165) is 0 Å². The summed E-state index contributed by atoms with van der Waals surface area (Å²) in [4.78, 5) is 12.1. The Bertz CT molecular complexity index is 955. The van der Waals surface area contributed by atoms with Crippen molar-refractivity contribution in [3.05, 3.63) is 40.0 Å². The van der Waals surface area contributed by atoms with Crippen LogP contribution in [0.25, 0.3) is 0 Å². The van der Waals surface area contributed by atoms with Crippen molar-refractivity contribution < 1.29 is 46.1 Å². The Hall–Kier alpha value is -2.16. The molecule has 0 spiro atoms. The van der Waals surface area contributed by atoms with Gasteiger partial charge in [0.2, 0.25) is 12.2 Å². The standard InChI is InChI=1S/C19H20Cl2F3N3O7/c1-2-29-14(8-33-19(22,23)24)16-26-27-17(34-16)18-31-6-10(7-32-18)25-15(28)9-30-11-3-4-12(20)13(21)5-11/h3-5,10,14,18H,2,6-9H2,1H3,(H,25,28). The fraction of sp³-hybridized carbons (Fsp3) is 0.526. The Morgan fingerprint density at radius 1 is 1.24 bits per heavy atom. The Morgan fingerprint density at radius 3 is 2.62 bits per heavy atom. The molecule has 1 saturated heterocycles. The van der Waals surface area contributed by atoms with Crippen LogP contribution in [0.3, 0.4) is 0 Å². The minimum atomic E-state index is -4.83. The van der Waals surface area contributed by atoms with Crippen molar-refractivity contribution in [1.82, 2.24) is 15.5 Å². The zero-order chi connectivity index (χ0) is 24.7. The molecule has 0 saturated carbocycles. The third-order valence-electron chi connectivity index (χ3n) is 4.22. The molecule has 1 aromatic heterocycles. The smallest absolute Gasteiger partial charge is 0.484 e. The van der Waals surface area contributed by atoms with Crippen molar-refractivity contribution in [3.63, 3.8) is 0 Å². The van der Waals surface area contributed by atoms with Crippen molar-refractivity contribution in [2.24, 2.45) is 0 Å². The van der Waals surface area contributed by atoms with Crippen LogP contribution in [0.2, 0.25) is 10.0 Å². The molecule has 2 heterocycles. The van der Waals surface area contributed by atoms with Crippen LogP contribution >= 0.6 is 23.2 Å². The molecule has 1 N–H and O–H groups in total. The molecule has 188 valence electrons. The summed E-state index contributed by atoms with van der Waals surface area (Å²) in [5, 5.41) is 10.8. The Labute approximate surface area is 201 Å². The molecule has 34 heavy (non-hydrogen) atoms. The van der Waals surface area contributed by atoms with E-state index in [1.165, 1.54) is 6.07 Å². The molecule has 1 aromatic carbocycles. The monoisotopic (exact) mass is 529 g/mol. The lowest BCUT2D eigenvalue weighted by atomic mass is 10.3.